The molecule has 19 heavy (non-hydrogen) atoms. The lowest BCUT2D eigenvalue weighted by Gasteiger charge is -2.33. The Labute approximate surface area is 115 Å². The molecule has 0 aromatic carbocycles. The third kappa shape index (κ3) is 2.91. The van der Waals surface area contributed by atoms with E-state index in [9.17, 15) is 0 Å². The van der Waals surface area contributed by atoms with Gasteiger partial charge in [0.2, 0.25) is 0 Å². The van der Waals surface area contributed by atoms with E-state index in [-0.39, 0.29) is 0 Å². The largest absolute Gasteiger partial charge is 0.393 e. The fourth-order valence-electron chi connectivity index (χ4n) is 2.79. The first-order valence-corrected chi connectivity index (χ1v) is 7.27. The van der Waals surface area contributed by atoms with Gasteiger partial charge < -0.3 is 15.5 Å². The SMILES string of the molecule is CCN(CC)c1ncnc(N2CCC[C@H](C)C2)c1N. The molecule has 1 saturated heterocycles. The van der Waals surface area contributed by atoms with E-state index >= 15 is 0 Å². The Kier molecular flexibility index (Phi) is 4.45. The molecule has 0 aliphatic carbocycles. The minimum absolute atomic E-state index is 0.708. The summed E-state index contributed by atoms with van der Waals surface area (Å²) in [6, 6.07) is 0. The number of nitrogens with two attached hydrogens (primary N) is 1. The number of hydrogen-bond acceptors (Lipinski definition) is 5. The van der Waals surface area contributed by atoms with Gasteiger partial charge in [-0.1, -0.05) is 6.92 Å². The summed E-state index contributed by atoms with van der Waals surface area (Å²) in [6.45, 7) is 10.4. The van der Waals surface area contributed by atoms with Gasteiger partial charge in [0.1, 0.15) is 12.0 Å². The molecule has 1 aromatic heterocycles. The monoisotopic (exact) mass is 263 g/mol. The van der Waals surface area contributed by atoms with Crippen molar-refractivity contribution in [3.63, 3.8) is 0 Å². The van der Waals surface area contributed by atoms with Gasteiger partial charge in [-0.25, -0.2) is 9.97 Å². The Hall–Kier alpha value is -1.52. The first kappa shape index (κ1) is 13.9. The average molecular weight is 263 g/mol. The molecule has 2 rings (SSSR count). The summed E-state index contributed by atoms with van der Waals surface area (Å²) < 4.78 is 0. The molecule has 0 unspecified atom stereocenters. The first-order valence-electron chi connectivity index (χ1n) is 7.27. The molecule has 1 aliphatic rings. The second kappa shape index (κ2) is 6.08. The van der Waals surface area contributed by atoms with Crippen LogP contribution in [-0.4, -0.2) is 36.1 Å². The van der Waals surface area contributed by atoms with Crippen LogP contribution in [-0.2, 0) is 0 Å². The van der Waals surface area contributed by atoms with Gasteiger partial charge >= 0.3 is 0 Å². The quantitative estimate of drug-likeness (QED) is 0.902. The van der Waals surface area contributed by atoms with Crippen molar-refractivity contribution < 1.29 is 0 Å². The van der Waals surface area contributed by atoms with Crippen LogP contribution in [0.1, 0.15) is 33.6 Å². The average Bonchev–Trinajstić information content (AvgIpc) is 2.42. The summed E-state index contributed by atoms with van der Waals surface area (Å²) >= 11 is 0. The minimum Gasteiger partial charge on any atom is -0.393 e. The van der Waals surface area contributed by atoms with Crippen molar-refractivity contribution in [3.05, 3.63) is 6.33 Å². The lowest BCUT2D eigenvalue weighted by Crippen LogP contribution is -2.36. The van der Waals surface area contributed by atoms with Gasteiger partial charge in [-0.3, -0.25) is 0 Å². The van der Waals surface area contributed by atoms with E-state index in [1.807, 2.05) is 0 Å². The number of nitrogen functional groups attached to an aromatic ring is 1. The van der Waals surface area contributed by atoms with Crippen molar-refractivity contribution in [2.45, 2.75) is 33.6 Å². The first-order chi connectivity index (χ1) is 9.17. The smallest absolute Gasteiger partial charge is 0.157 e. The Morgan fingerprint density at radius 2 is 2.11 bits per heavy atom. The summed E-state index contributed by atoms with van der Waals surface area (Å²) in [7, 11) is 0. The summed E-state index contributed by atoms with van der Waals surface area (Å²) in [6.07, 6.45) is 4.15. The van der Waals surface area contributed by atoms with E-state index in [0.717, 1.165) is 43.5 Å². The fraction of sp³-hybridized carbons (Fsp3) is 0.714. The number of nitrogens with zero attached hydrogens (tertiary/aromatic N) is 4. The lowest BCUT2D eigenvalue weighted by molar-refractivity contribution is 0.445. The maximum Gasteiger partial charge on any atom is 0.157 e. The van der Waals surface area contributed by atoms with Crippen LogP contribution in [0.4, 0.5) is 17.3 Å². The molecule has 5 heteroatoms. The van der Waals surface area contributed by atoms with E-state index in [1.54, 1.807) is 6.33 Å². The van der Waals surface area contributed by atoms with Gasteiger partial charge in [0, 0.05) is 26.2 Å². The van der Waals surface area contributed by atoms with Crippen LogP contribution in [0.3, 0.4) is 0 Å². The Bertz CT molecular complexity index is 416. The zero-order valence-corrected chi connectivity index (χ0v) is 12.3. The van der Waals surface area contributed by atoms with E-state index in [4.69, 9.17) is 5.73 Å². The van der Waals surface area contributed by atoms with Crippen LogP contribution in [0.25, 0.3) is 0 Å². The molecule has 1 atom stereocenters. The maximum atomic E-state index is 6.30. The minimum atomic E-state index is 0.708. The lowest BCUT2D eigenvalue weighted by atomic mass is 10.0. The van der Waals surface area contributed by atoms with Crippen molar-refractivity contribution in [3.8, 4) is 0 Å². The topological polar surface area (TPSA) is 58.3 Å². The van der Waals surface area contributed by atoms with Gasteiger partial charge in [0.15, 0.2) is 11.6 Å². The van der Waals surface area contributed by atoms with Gasteiger partial charge in [0.25, 0.3) is 0 Å². The third-order valence-corrected chi connectivity index (χ3v) is 3.86. The zero-order chi connectivity index (χ0) is 13.8. The highest BCUT2D eigenvalue weighted by Gasteiger charge is 2.22. The Morgan fingerprint density at radius 3 is 2.74 bits per heavy atom. The molecular formula is C14H25N5. The molecule has 5 nitrogen and oxygen atoms in total. The summed E-state index contributed by atoms with van der Waals surface area (Å²) in [4.78, 5) is 13.2. The van der Waals surface area contributed by atoms with Crippen LogP contribution >= 0.6 is 0 Å². The van der Waals surface area contributed by atoms with Gasteiger partial charge in [-0.2, -0.15) is 0 Å². The maximum absolute atomic E-state index is 6.30. The highest BCUT2D eigenvalue weighted by molar-refractivity contribution is 5.75. The number of hydrogen-bond donors (Lipinski definition) is 1. The molecule has 106 valence electrons. The number of anilines is 3. The summed E-state index contributed by atoms with van der Waals surface area (Å²) in [5, 5.41) is 0. The van der Waals surface area contributed by atoms with Crippen molar-refractivity contribution in [2.24, 2.45) is 5.92 Å². The fourth-order valence-corrected chi connectivity index (χ4v) is 2.79. The third-order valence-electron chi connectivity index (χ3n) is 3.86. The number of piperidine rings is 1. The van der Waals surface area contributed by atoms with Crippen molar-refractivity contribution in [1.29, 1.82) is 0 Å². The summed E-state index contributed by atoms with van der Waals surface area (Å²) in [5.74, 6) is 2.48. The van der Waals surface area contributed by atoms with E-state index in [0.29, 0.717) is 5.92 Å². The molecule has 0 bridgehead atoms. The summed E-state index contributed by atoms with van der Waals surface area (Å²) in [5.41, 5.74) is 7.03. The van der Waals surface area contributed by atoms with Crippen LogP contribution in [0.15, 0.2) is 6.33 Å². The molecule has 1 fully saturated rings. The highest BCUT2D eigenvalue weighted by Crippen LogP contribution is 2.31. The van der Waals surface area contributed by atoms with Crippen molar-refractivity contribution in [1.82, 2.24) is 9.97 Å². The molecule has 0 spiro atoms. The van der Waals surface area contributed by atoms with Gasteiger partial charge in [-0.15, -0.1) is 0 Å². The van der Waals surface area contributed by atoms with Gasteiger partial charge in [0.05, 0.1) is 0 Å². The molecule has 2 heterocycles. The molecule has 0 amide bonds. The van der Waals surface area contributed by atoms with Gasteiger partial charge in [-0.05, 0) is 32.6 Å². The predicted molar refractivity (Wildman–Crippen MR) is 80.6 cm³/mol. The highest BCUT2D eigenvalue weighted by atomic mass is 15.3. The van der Waals surface area contributed by atoms with Crippen molar-refractivity contribution in [2.75, 3.05) is 41.7 Å². The van der Waals surface area contributed by atoms with E-state index < -0.39 is 0 Å². The number of aromatic nitrogens is 2. The Balaban J connectivity index is 2.28. The normalized spacial score (nSPS) is 19.5. The molecule has 1 aliphatic heterocycles. The molecule has 0 radical (unpaired) electrons. The predicted octanol–water partition coefficient (Wildman–Crippen LogP) is 2.14. The van der Waals surface area contributed by atoms with Crippen LogP contribution in [0.5, 0.6) is 0 Å². The molecule has 0 saturated carbocycles. The van der Waals surface area contributed by atoms with Crippen LogP contribution in [0, 0.1) is 5.92 Å². The number of rotatable bonds is 4. The second-order valence-electron chi connectivity index (χ2n) is 5.30. The molecule has 1 aromatic rings. The van der Waals surface area contributed by atoms with E-state index in [1.165, 1.54) is 12.8 Å². The zero-order valence-electron chi connectivity index (χ0n) is 12.3. The standard InChI is InChI=1S/C14H25N5/c1-4-18(5-2)13-12(15)14(17-10-16-13)19-8-6-7-11(3)9-19/h10-11H,4-9,15H2,1-3H3/t11-/m0/s1. The molecular weight excluding hydrogens is 238 g/mol. The second-order valence-corrected chi connectivity index (χ2v) is 5.30. The van der Waals surface area contributed by atoms with Crippen LogP contribution in [0.2, 0.25) is 0 Å². The van der Waals surface area contributed by atoms with E-state index in [2.05, 4.69) is 40.5 Å². The molecule has 2 N–H and O–H groups in total. The van der Waals surface area contributed by atoms with Crippen LogP contribution < -0.4 is 15.5 Å². The Morgan fingerprint density at radius 1 is 1.37 bits per heavy atom. The van der Waals surface area contributed by atoms with Crippen molar-refractivity contribution >= 4 is 17.3 Å².